The molecule has 0 aromatic heterocycles. The van der Waals surface area contributed by atoms with Crippen LogP contribution >= 0.6 is 0 Å². The molecule has 0 aliphatic carbocycles. The zero-order chi connectivity index (χ0) is 23.4. The van der Waals surface area contributed by atoms with Gasteiger partial charge in [-0.25, -0.2) is 0 Å². The van der Waals surface area contributed by atoms with Crippen molar-refractivity contribution in [3.8, 4) is 11.5 Å². The first-order valence-corrected chi connectivity index (χ1v) is 14.4. The number of methoxy groups -OCH3 is 2. The minimum atomic E-state index is -1.84. The quantitative estimate of drug-likeness (QED) is 0.417. The molecule has 32 heavy (non-hydrogen) atoms. The molecule has 2 aromatic rings. The van der Waals surface area contributed by atoms with E-state index in [1.54, 1.807) is 14.2 Å². The van der Waals surface area contributed by atoms with Crippen LogP contribution in [-0.4, -0.2) is 42.0 Å². The molecule has 0 saturated carbocycles. The molecule has 2 atom stereocenters. The second kappa shape index (κ2) is 10.3. The number of hydrogen-bond donors (Lipinski definition) is 0. The predicted octanol–water partition coefficient (Wildman–Crippen LogP) is 6.62. The third kappa shape index (κ3) is 5.66. The van der Waals surface area contributed by atoms with E-state index in [2.05, 4.69) is 63.0 Å². The van der Waals surface area contributed by atoms with Gasteiger partial charge in [0.1, 0.15) is 17.7 Å². The Balaban J connectivity index is 1.93. The van der Waals surface area contributed by atoms with Gasteiger partial charge in [0.25, 0.3) is 0 Å². The van der Waals surface area contributed by atoms with Crippen LogP contribution in [0.1, 0.15) is 33.6 Å². The number of hydrogen-bond acceptors (Lipinski definition) is 5. The Kier molecular flexibility index (Phi) is 7.91. The number of anilines is 2. The van der Waals surface area contributed by atoms with Crippen LogP contribution in [0.5, 0.6) is 11.5 Å². The van der Waals surface area contributed by atoms with Crippen molar-refractivity contribution in [2.24, 2.45) is 5.92 Å². The third-order valence-corrected chi connectivity index (χ3v) is 11.3. The fraction of sp³-hybridized carbons (Fsp3) is 0.538. The molecule has 0 unspecified atom stereocenters. The molecule has 1 aliphatic rings. The monoisotopic (exact) mass is 457 g/mol. The van der Waals surface area contributed by atoms with E-state index in [9.17, 15) is 0 Å². The van der Waals surface area contributed by atoms with Crippen molar-refractivity contribution in [2.45, 2.75) is 58.0 Å². The lowest BCUT2D eigenvalue weighted by atomic mass is 9.98. The van der Waals surface area contributed by atoms with Crippen LogP contribution in [-0.2, 0) is 9.16 Å². The minimum absolute atomic E-state index is 0.102. The van der Waals surface area contributed by atoms with Crippen LogP contribution in [0.4, 0.5) is 11.4 Å². The highest BCUT2D eigenvalue weighted by Crippen LogP contribution is 2.39. The van der Waals surface area contributed by atoms with Crippen molar-refractivity contribution >= 4 is 19.7 Å². The van der Waals surface area contributed by atoms with Crippen LogP contribution in [0.15, 0.2) is 48.5 Å². The molecule has 1 aliphatic heterocycles. The summed E-state index contributed by atoms with van der Waals surface area (Å²) in [5.74, 6) is 1.96. The molecular weight excluding hydrogens is 418 g/mol. The van der Waals surface area contributed by atoms with E-state index in [1.807, 2.05) is 24.3 Å². The molecule has 1 saturated heterocycles. The molecule has 0 amide bonds. The number of benzene rings is 2. The lowest BCUT2D eigenvalue weighted by Gasteiger charge is -2.43. The van der Waals surface area contributed by atoms with Gasteiger partial charge in [0.15, 0.2) is 8.32 Å². The van der Waals surface area contributed by atoms with Crippen molar-refractivity contribution < 1.29 is 18.6 Å². The Morgan fingerprint density at radius 1 is 0.906 bits per heavy atom. The molecule has 5 nitrogen and oxygen atoms in total. The Hall–Kier alpha value is -2.02. The molecular formula is C26H39NO4Si. The molecule has 0 spiro atoms. The van der Waals surface area contributed by atoms with Crippen molar-refractivity contribution in [3.63, 3.8) is 0 Å². The summed E-state index contributed by atoms with van der Waals surface area (Å²) in [6.45, 7) is 13.0. The molecule has 0 bridgehead atoms. The molecule has 176 valence electrons. The smallest absolute Gasteiger partial charge is 0.191 e. The molecule has 6 heteroatoms. The maximum Gasteiger partial charge on any atom is 0.191 e. The predicted molar refractivity (Wildman–Crippen MR) is 134 cm³/mol. The van der Waals surface area contributed by atoms with Gasteiger partial charge in [-0.1, -0.05) is 20.8 Å². The lowest BCUT2D eigenvalue weighted by Crippen LogP contribution is -2.48. The molecule has 1 heterocycles. The summed E-state index contributed by atoms with van der Waals surface area (Å²) in [6, 6.07) is 16.3. The summed E-state index contributed by atoms with van der Waals surface area (Å²) in [7, 11) is 1.53. The Bertz CT molecular complexity index is 798. The highest BCUT2D eigenvalue weighted by atomic mass is 28.4. The van der Waals surface area contributed by atoms with Crippen molar-refractivity contribution in [1.29, 1.82) is 0 Å². The van der Waals surface area contributed by atoms with E-state index < -0.39 is 8.32 Å². The Labute approximate surface area is 194 Å². The van der Waals surface area contributed by atoms with Crippen molar-refractivity contribution in [1.82, 2.24) is 0 Å². The first-order valence-electron chi connectivity index (χ1n) is 11.5. The first kappa shape index (κ1) is 24.6. The first-order chi connectivity index (χ1) is 15.2. The van der Waals surface area contributed by atoms with Gasteiger partial charge in [-0.05, 0) is 79.5 Å². The molecule has 1 fully saturated rings. The SMILES string of the molecule is COc1ccc(N(c2ccc(OC)cc2)[C@@H]2OCCC[C@H]2CO[Si](C)(C)C(C)(C)C)cc1. The van der Waals surface area contributed by atoms with E-state index in [-0.39, 0.29) is 17.2 Å². The van der Waals surface area contributed by atoms with Crippen molar-refractivity contribution in [2.75, 3.05) is 32.3 Å². The van der Waals surface area contributed by atoms with Crippen LogP contribution in [0.25, 0.3) is 0 Å². The summed E-state index contributed by atoms with van der Waals surface area (Å²) in [5, 5.41) is 0.184. The lowest BCUT2D eigenvalue weighted by molar-refractivity contribution is -0.0372. The highest BCUT2D eigenvalue weighted by molar-refractivity contribution is 6.74. The van der Waals surface area contributed by atoms with Gasteiger partial charge >= 0.3 is 0 Å². The average Bonchev–Trinajstić information content (AvgIpc) is 2.79. The van der Waals surface area contributed by atoms with E-state index in [0.717, 1.165) is 42.3 Å². The Morgan fingerprint density at radius 2 is 1.41 bits per heavy atom. The second-order valence-corrected chi connectivity index (χ2v) is 14.8. The second-order valence-electron chi connectivity index (χ2n) is 10.0. The normalized spacial score (nSPS) is 19.5. The van der Waals surface area contributed by atoms with Crippen LogP contribution in [0, 0.1) is 5.92 Å². The van der Waals surface area contributed by atoms with Crippen LogP contribution in [0.3, 0.4) is 0 Å². The molecule has 0 radical (unpaired) electrons. The summed E-state index contributed by atoms with van der Waals surface area (Å²) in [6.07, 6.45) is 2.04. The number of rotatable bonds is 8. The van der Waals surface area contributed by atoms with Crippen LogP contribution < -0.4 is 14.4 Å². The number of nitrogens with zero attached hydrogens (tertiary/aromatic N) is 1. The summed E-state index contributed by atoms with van der Waals surface area (Å²) < 4.78 is 23.8. The largest absolute Gasteiger partial charge is 0.497 e. The van der Waals surface area contributed by atoms with E-state index in [0.29, 0.717) is 6.61 Å². The van der Waals surface area contributed by atoms with Crippen molar-refractivity contribution in [3.05, 3.63) is 48.5 Å². The van der Waals surface area contributed by atoms with E-state index >= 15 is 0 Å². The van der Waals surface area contributed by atoms with Gasteiger partial charge in [0.2, 0.25) is 0 Å². The maximum absolute atomic E-state index is 6.65. The fourth-order valence-corrected chi connectivity index (χ4v) is 4.80. The zero-order valence-corrected chi connectivity index (χ0v) is 21.7. The zero-order valence-electron chi connectivity index (χ0n) is 20.7. The minimum Gasteiger partial charge on any atom is -0.497 e. The molecule has 0 N–H and O–H groups in total. The average molecular weight is 458 g/mol. The van der Waals surface area contributed by atoms with Gasteiger partial charge in [-0.15, -0.1) is 0 Å². The fourth-order valence-electron chi connectivity index (χ4n) is 3.74. The molecule has 3 rings (SSSR count). The van der Waals surface area contributed by atoms with Gasteiger partial charge < -0.3 is 23.5 Å². The van der Waals surface area contributed by atoms with Crippen LogP contribution in [0.2, 0.25) is 18.1 Å². The van der Waals surface area contributed by atoms with Gasteiger partial charge in [-0.2, -0.15) is 0 Å². The molecule has 2 aromatic carbocycles. The topological polar surface area (TPSA) is 40.2 Å². The summed E-state index contributed by atoms with van der Waals surface area (Å²) >= 11 is 0. The maximum atomic E-state index is 6.65. The highest BCUT2D eigenvalue weighted by Gasteiger charge is 2.40. The van der Waals surface area contributed by atoms with E-state index in [4.69, 9.17) is 18.6 Å². The number of ether oxygens (including phenoxy) is 3. The Morgan fingerprint density at radius 3 is 1.84 bits per heavy atom. The van der Waals surface area contributed by atoms with Gasteiger partial charge in [0.05, 0.1) is 14.2 Å². The standard InChI is InChI=1S/C26H39NO4Si/c1-26(2,3)32(6,7)31-19-20-9-8-18-30-25(20)27(21-10-14-23(28-4)15-11-21)22-12-16-24(29-5)17-13-22/h10-17,20,25H,8-9,18-19H2,1-7H3/t20-,25+/m0/s1. The summed E-state index contributed by atoms with van der Waals surface area (Å²) in [4.78, 5) is 2.29. The van der Waals surface area contributed by atoms with Gasteiger partial charge in [-0.3, -0.25) is 0 Å². The van der Waals surface area contributed by atoms with Gasteiger partial charge in [0, 0.05) is 30.5 Å². The third-order valence-electron chi connectivity index (χ3n) is 6.83. The van der Waals surface area contributed by atoms with E-state index in [1.165, 1.54) is 0 Å². The summed E-state index contributed by atoms with van der Waals surface area (Å²) in [5.41, 5.74) is 2.14.